The molecule has 1 aliphatic heterocycles. The topological polar surface area (TPSA) is 83.5 Å². The van der Waals surface area contributed by atoms with Crippen molar-refractivity contribution in [2.45, 2.75) is 0 Å². The van der Waals surface area contributed by atoms with Crippen LogP contribution in [0.3, 0.4) is 0 Å². The molecule has 0 fully saturated rings. The SMILES string of the molecule is O=C1NS(=O)(=O)C(c2cccc(Br)c2)=C1O. The van der Waals surface area contributed by atoms with E-state index in [-0.39, 0.29) is 10.5 Å². The van der Waals surface area contributed by atoms with Gasteiger partial charge in [-0.05, 0) is 12.1 Å². The zero-order valence-electron chi connectivity index (χ0n) is 7.77. The van der Waals surface area contributed by atoms with Crippen LogP contribution < -0.4 is 4.72 Å². The second-order valence-electron chi connectivity index (χ2n) is 3.12. The van der Waals surface area contributed by atoms with Crippen molar-refractivity contribution in [1.29, 1.82) is 0 Å². The second kappa shape index (κ2) is 3.60. The van der Waals surface area contributed by atoms with Crippen molar-refractivity contribution < 1.29 is 18.3 Å². The molecule has 0 saturated carbocycles. The Morgan fingerprint density at radius 1 is 1.31 bits per heavy atom. The van der Waals surface area contributed by atoms with E-state index < -0.39 is 21.7 Å². The van der Waals surface area contributed by atoms with E-state index in [1.807, 2.05) is 0 Å². The number of halogens is 1. The molecule has 7 heteroatoms. The molecule has 1 aromatic carbocycles. The predicted octanol–water partition coefficient (Wildman–Crippen LogP) is 1.14. The molecule has 1 heterocycles. The van der Waals surface area contributed by atoms with Crippen LogP contribution in [0.25, 0.3) is 4.91 Å². The molecular formula is C9H6BrNO4S. The maximum absolute atomic E-state index is 11.5. The van der Waals surface area contributed by atoms with Crippen molar-refractivity contribution in [2.75, 3.05) is 0 Å². The maximum Gasteiger partial charge on any atom is 0.301 e. The molecule has 0 spiro atoms. The zero-order valence-corrected chi connectivity index (χ0v) is 10.2. The second-order valence-corrected chi connectivity index (χ2v) is 5.66. The highest BCUT2D eigenvalue weighted by molar-refractivity contribution is 9.10. The van der Waals surface area contributed by atoms with Gasteiger partial charge in [0.2, 0.25) is 5.76 Å². The monoisotopic (exact) mass is 303 g/mol. The highest BCUT2D eigenvalue weighted by atomic mass is 79.9. The molecule has 84 valence electrons. The molecular weight excluding hydrogens is 298 g/mol. The van der Waals surface area contributed by atoms with Gasteiger partial charge in [0.05, 0.1) is 0 Å². The summed E-state index contributed by atoms with van der Waals surface area (Å²) in [6.45, 7) is 0. The van der Waals surface area contributed by atoms with Gasteiger partial charge in [-0.1, -0.05) is 28.1 Å². The van der Waals surface area contributed by atoms with Crippen LogP contribution >= 0.6 is 15.9 Å². The molecule has 16 heavy (non-hydrogen) atoms. The van der Waals surface area contributed by atoms with Crippen molar-refractivity contribution in [1.82, 2.24) is 4.72 Å². The van der Waals surface area contributed by atoms with Crippen LogP contribution in [0, 0.1) is 0 Å². The van der Waals surface area contributed by atoms with Crippen LogP contribution in [0.4, 0.5) is 0 Å². The number of hydrogen-bond acceptors (Lipinski definition) is 4. The number of sulfonamides is 1. The van der Waals surface area contributed by atoms with E-state index in [4.69, 9.17) is 0 Å². The first-order chi connectivity index (χ1) is 7.42. The number of benzene rings is 1. The van der Waals surface area contributed by atoms with Gasteiger partial charge in [-0.15, -0.1) is 0 Å². The Balaban J connectivity index is 2.68. The summed E-state index contributed by atoms with van der Waals surface area (Å²) in [6, 6.07) is 6.31. The maximum atomic E-state index is 11.5. The fraction of sp³-hybridized carbons (Fsp3) is 0. The first kappa shape index (κ1) is 11.2. The van der Waals surface area contributed by atoms with Crippen molar-refractivity contribution in [3.8, 4) is 0 Å². The van der Waals surface area contributed by atoms with E-state index in [1.54, 1.807) is 16.9 Å². The number of aliphatic hydroxyl groups excluding tert-OH is 1. The van der Waals surface area contributed by atoms with Gasteiger partial charge >= 0.3 is 5.91 Å². The van der Waals surface area contributed by atoms with Crippen molar-refractivity contribution in [3.05, 3.63) is 40.1 Å². The molecule has 0 bridgehead atoms. The Hall–Kier alpha value is -1.34. The van der Waals surface area contributed by atoms with E-state index in [0.717, 1.165) is 0 Å². The molecule has 0 saturated heterocycles. The Labute approximate surface area is 100.0 Å². The lowest BCUT2D eigenvalue weighted by atomic mass is 10.2. The third kappa shape index (κ3) is 1.72. The van der Waals surface area contributed by atoms with Gasteiger partial charge in [0, 0.05) is 10.0 Å². The number of rotatable bonds is 1. The van der Waals surface area contributed by atoms with E-state index in [0.29, 0.717) is 4.47 Å². The number of carbonyl (C=O) groups is 1. The highest BCUT2D eigenvalue weighted by Crippen LogP contribution is 2.29. The Morgan fingerprint density at radius 2 is 2.00 bits per heavy atom. The summed E-state index contributed by atoms with van der Waals surface area (Å²) >= 11 is 3.18. The summed E-state index contributed by atoms with van der Waals surface area (Å²) in [5, 5.41) is 9.41. The van der Waals surface area contributed by atoms with Gasteiger partial charge in [0.25, 0.3) is 10.0 Å². The zero-order chi connectivity index (χ0) is 11.9. The Bertz CT molecular complexity index is 606. The molecule has 2 rings (SSSR count). The summed E-state index contributed by atoms with van der Waals surface area (Å²) in [6.07, 6.45) is 0. The fourth-order valence-electron chi connectivity index (χ4n) is 1.37. The minimum absolute atomic E-state index is 0.255. The smallest absolute Gasteiger partial charge is 0.301 e. The van der Waals surface area contributed by atoms with Crippen LogP contribution in [0.15, 0.2) is 34.5 Å². The van der Waals surface area contributed by atoms with Gasteiger partial charge in [-0.2, -0.15) is 0 Å². The normalized spacial score (nSPS) is 18.7. The van der Waals surface area contributed by atoms with E-state index in [2.05, 4.69) is 15.9 Å². The molecule has 0 radical (unpaired) electrons. The largest absolute Gasteiger partial charge is 0.502 e. The average Bonchev–Trinajstić information content (AvgIpc) is 2.35. The van der Waals surface area contributed by atoms with Crippen LogP contribution in [-0.2, 0) is 14.8 Å². The van der Waals surface area contributed by atoms with Crippen LogP contribution in [0.2, 0.25) is 0 Å². The lowest BCUT2D eigenvalue weighted by molar-refractivity contribution is -0.117. The molecule has 1 aliphatic rings. The summed E-state index contributed by atoms with van der Waals surface area (Å²) in [5.74, 6) is -1.78. The molecule has 1 amide bonds. The number of nitrogens with one attached hydrogen (secondary N) is 1. The standard InChI is InChI=1S/C9H6BrNO4S/c10-6-3-1-2-5(4-6)8-7(12)9(13)11-16(8,14)15/h1-4,12H,(H,11,13). The highest BCUT2D eigenvalue weighted by Gasteiger charge is 2.36. The molecule has 1 aromatic rings. The van der Waals surface area contributed by atoms with Crippen LogP contribution in [0.1, 0.15) is 5.56 Å². The summed E-state index contributed by atoms with van der Waals surface area (Å²) in [5.41, 5.74) is 0.255. The van der Waals surface area contributed by atoms with Gasteiger partial charge in [0.15, 0.2) is 0 Å². The predicted molar refractivity (Wildman–Crippen MR) is 60.8 cm³/mol. The minimum atomic E-state index is -3.95. The number of hydrogen-bond donors (Lipinski definition) is 2. The average molecular weight is 304 g/mol. The number of carbonyl (C=O) groups excluding carboxylic acids is 1. The minimum Gasteiger partial charge on any atom is -0.502 e. The molecule has 0 aromatic heterocycles. The third-order valence-electron chi connectivity index (χ3n) is 2.01. The number of amides is 1. The first-order valence-electron chi connectivity index (χ1n) is 4.18. The molecule has 5 nitrogen and oxygen atoms in total. The van der Waals surface area contributed by atoms with E-state index >= 15 is 0 Å². The lowest BCUT2D eigenvalue weighted by Crippen LogP contribution is -2.23. The molecule has 0 aliphatic carbocycles. The van der Waals surface area contributed by atoms with E-state index in [9.17, 15) is 18.3 Å². The van der Waals surface area contributed by atoms with Crippen LogP contribution in [0.5, 0.6) is 0 Å². The van der Waals surface area contributed by atoms with Gasteiger partial charge in [0.1, 0.15) is 4.91 Å². The summed E-state index contributed by atoms with van der Waals surface area (Å²) in [7, 11) is -3.95. The van der Waals surface area contributed by atoms with Crippen molar-refractivity contribution in [3.63, 3.8) is 0 Å². The first-order valence-corrected chi connectivity index (χ1v) is 6.46. The molecule has 0 atom stereocenters. The fourth-order valence-corrected chi connectivity index (χ4v) is 3.00. The van der Waals surface area contributed by atoms with Gasteiger partial charge in [-0.25, -0.2) is 13.1 Å². The van der Waals surface area contributed by atoms with E-state index in [1.165, 1.54) is 12.1 Å². The van der Waals surface area contributed by atoms with Crippen molar-refractivity contribution >= 4 is 36.8 Å². The Morgan fingerprint density at radius 3 is 2.50 bits per heavy atom. The molecule has 2 N–H and O–H groups in total. The van der Waals surface area contributed by atoms with Gasteiger partial charge in [-0.3, -0.25) is 4.79 Å². The number of aliphatic hydroxyl groups is 1. The Kier molecular flexibility index (Phi) is 2.51. The van der Waals surface area contributed by atoms with Crippen LogP contribution in [-0.4, -0.2) is 19.4 Å². The summed E-state index contributed by atoms with van der Waals surface area (Å²) in [4.78, 5) is 10.7. The lowest BCUT2D eigenvalue weighted by Gasteiger charge is -2.02. The van der Waals surface area contributed by atoms with Crippen molar-refractivity contribution in [2.24, 2.45) is 0 Å². The van der Waals surface area contributed by atoms with Gasteiger partial charge < -0.3 is 5.11 Å². The molecule has 0 unspecified atom stereocenters. The quantitative estimate of drug-likeness (QED) is 0.815. The summed E-state index contributed by atoms with van der Waals surface area (Å²) < 4.78 is 25.4. The third-order valence-corrected chi connectivity index (χ3v) is 3.93.